The largest absolute Gasteiger partial charge is 0.382 e. The average molecular weight is 575 g/mol. The summed E-state index contributed by atoms with van der Waals surface area (Å²) in [5.41, 5.74) is 0.920. The van der Waals surface area contributed by atoms with Gasteiger partial charge in [0, 0.05) is 26.9 Å². The minimum Gasteiger partial charge on any atom is -0.382 e. The molecular formula is C28H46O12. The summed E-state index contributed by atoms with van der Waals surface area (Å²) in [7, 11) is 4.86. The predicted octanol–water partition coefficient (Wildman–Crippen LogP) is 1.60. The molecule has 1 aromatic carbocycles. The van der Waals surface area contributed by atoms with E-state index in [9.17, 15) is 0 Å². The first kappa shape index (κ1) is 33.2. The number of fused-ring (bicyclic) bond motifs is 1. The van der Waals surface area contributed by atoms with E-state index >= 15 is 0 Å². The second-order valence-electron chi connectivity index (χ2n) is 9.06. The zero-order valence-electron chi connectivity index (χ0n) is 23.9. The van der Waals surface area contributed by atoms with E-state index in [2.05, 4.69) is 0 Å². The SMILES string of the molecule is COCCOCCOCCO[C@@H]1[C@@H](OCCOCCOCCOC)[C@@H](OC)O[C@@H]2CO[C@H](c3ccccc3)O[C@@H]12. The Kier molecular flexibility index (Phi) is 17.1. The van der Waals surface area contributed by atoms with E-state index in [1.54, 1.807) is 21.3 Å². The third kappa shape index (κ3) is 11.6. The molecule has 3 rings (SSSR count). The summed E-state index contributed by atoms with van der Waals surface area (Å²) >= 11 is 0. The highest BCUT2D eigenvalue weighted by atomic mass is 16.8. The second kappa shape index (κ2) is 20.6. The molecule has 0 unspecified atom stereocenters. The minimum atomic E-state index is -0.667. The third-order valence-electron chi connectivity index (χ3n) is 6.27. The normalized spacial score (nSPS) is 26.6. The van der Waals surface area contributed by atoms with Gasteiger partial charge in [0.05, 0.1) is 85.9 Å². The smallest absolute Gasteiger partial charge is 0.186 e. The highest BCUT2D eigenvalue weighted by Crippen LogP contribution is 2.36. The van der Waals surface area contributed by atoms with Crippen LogP contribution < -0.4 is 0 Å². The Morgan fingerprint density at radius 1 is 0.625 bits per heavy atom. The number of hydrogen-bond acceptors (Lipinski definition) is 12. The summed E-state index contributed by atoms with van der Waals surface area (Å²) in [5.74, 6) is 0. The summed E-state index contributed by atoms with van der Waals surface area (Å²) in [5, 5.41) is 0. The van der Waals surface area contributed by atoms with Crippen molar-refractivity contribution in [3.8, 4) is 0 Å². The van der Waals surface area contributed by atoms with Crippen molar-refractivity contribution in [1.29, 1.82) is 0 Å². The van der Waals surface area contributed by atoms with E-state index in [0.717, 1.165) is 5.56 Å². The van der Waals surface area contributed by atoms with E-state index < -0.39 is 30.9 Å². The Bertz CT molecular complexity index is 741. The standard InChI is InChI=1S/C28H46O12/c1-29-9-11-32-13-15-34-17-19-36-25-24-23(21-38-27(40-24)22-7-5-4-6-8-22)39-28(31-3)26(25)37-20-18-35-16-14-33-12-10-30-2/h4-8,23-28H,9-21H2,1-3H3/t23-,24-,25+,26-,27+,28+/m1/s1. The number of methoxy groups -OCH3 is 3. The third-order valence-corrected chi connectivity index (χ3v) is 6.27. The van der Waals surface area contributed by atoms with Crippen LogP contribution in [-0.2, 0) is 56.8 Å². The first-order chi connectivity index (χ1) is 19.8. The van der Waals surface area contributed by atoms with Crippen LogP contribution in [-0.4, -0.2) is 138 Å². The van der Waals surface area contributed by atoms with E-state index in [1.807, 2.05) is 30.3 Å². The molecule has 0 spiro atoms. The van der Waals surface area contributed by atoms with Crippen LogP contribution in [0.1, 0.15) is 11.9 Å². The maximum absolute atomic E-state index is 6.40. The first-order valence-corrected chi connectivity index (χ1v) is 13.8. The van der Waals surface area contributed by atoms with Crippen molar-refractivity contribution >= 4 is 0 Å². The maximum atomic E-state index is 6.40. The fourth-order valence-corrected chi connectivity index (χ4v) is 4.30. The van der Waals surface area contributed by atoms with Crippen LogP contribution in [0.3, 0.4) is 0 Å². The molecule has 6 atom stereocenters. The molecule has 12 heteroatoms. The number of rotatable bonds is 22. The van der Waals surface area contributed by atoms with Crippen LogP contribution in [0.15, 0.2) is 30.3 Å². The maximum Gasteiger partial charge on any atom is 0.186 e. The summed E-state index contributed by atoms with van der Waals surface area (Å²) in [6.07, 6.45) is -3.08. The lowest BCUT2D eigenvalue weighted by atomic mass is 9.97. The van der Waals surface area contributed by atoms with E-state index in [4.69, 9.17) is 56.8 Å². The molecule has 0 aliphatic carbocycles. The molecule has 0 N–H and O–H groups in total. The van der Waals surface area contributed by atoms with Crippen molar-refractivity contribution in [1.82, 2.24) is 0 Å². The fraction of sp³-hybridized carbons (Fsp3) is 0.786. The summed E-state index contributed by atoms with van der Waals surface area (Å²) in [4.78, 5) is 0. The Balaban J connectivity index is 1.53. The van der Waals surface area contributed by atoms with Crippen molar-refractivity contribution in [2.24, 2.45) is 0 Å². The molecule has 0 aromatic heterocycles. The molecule has 2 aliphatic rings. The Morgan fingerprint density at radius 2 is 1.15 bits per heavy atom. The minimum absolute atomic E-state index is 0.317. The Labute approximate surface area is 237 Å². The zero-order chi connectivity index (χ0) is 28.3. The van der Waals surface area contributed by atoms with Gasteiger partial charge in [0.1, 0.15) is 24.4 Å². The lowest BCUT2D eigenvalue weighted by Crippen LogP contribution is -2.63. The van der Waals surface area contributed by atoms with Crippen molar-refractivity contribution in [3.05, 3.63) is 35.9 Å². The second-order valence-corrected chi connectivity index (χ2v) is 9.06. The van der Waals surface area contributed by atoms with Crippen LogP contribution in [0.5, 0.6) is 0 Å². The molecule has 1 aromatic rings. The van der Waals surface area contributed by atoms with Gasteiger partial charge in [-0.05, 0) is 0 Å². The summed E-state index contributed by atoms with van der Waals surface area (Å²) < 4.78 is 68.9. The molecule has 40 heavy (non-hydrogen) atoms. The van der Waals surface area contributed by atoms with Crippen LogP contribution >= 0.6 is 0 Å². The summed E-state index contributed by atoms with van der Waals surface area (Å²) in [6.45, 7) is 5.80. The molecule has 0 amide bonds. The molecule has 2 heterocycles. The van der Waals surface area contributed by atoms with Gasteiger partial charge >= 0.3 is 0 Å². The topological polar surface area (TPSA) is 111 Å². The van der Waals surface area contributed by atoms with Gasteiger partial charge in [0.2, 0.25) is 0 Å². The quantitative estimate of drug-likeness (QED) is 0.188. The lowest BCUT2D eigenvalue weighted by Gasteiger charge is -2.48. The monoisotopic (exact) mass is 574 g/mol. The Morgan fingerprint density at radius 3 is 1.70 bits per heavy atom. The number of benzene rings is 1. The van der Waals surface area contributed by atoms with Gasteiger partial charge in [-0.25, -0.2) is 0 Å². The van der Waals surface area contributed by atoms with Gasteiger partial charge < -0.3 is 56.8 Å². The molecule has 0 bridgehead atoms. The van der Waals surface area contributed by atoms with Gasteiger partial charge in [-0.3, -0.25) is 0 Å². The van der Waals surface area contributed by atoms with Crippen LogP contribution in [0, 0.1) is 0 Å². The van der Waals surface area contributed by atoms with Crippen LogP contribution in [0.25, 0.3) is 0 Å². The zero-order valence-corrected chi connectivity index (χ0v) is 23.9. The highest BCUT2D eigenvalue weighted by Gasteiger charge is 2.51. The number of ether oxygens (including phenoxy) is 12. The van der Waals surface area contributed by atoms with Gasteiger partial charge in [-0.1, -0.05) is 30.3 Å². The van der Waals surface area contributed by atoms with Gasteiger partial charge in [0.25, 0.3) is 0 Å². The fourth-order valence-electron chi connectivity index (χ4n) is 4.30. The molecular weight excluding hydrogens is 528 g/mol. The van der Waals surface area contributed by atoms with Gasteiger partial charge in [-0.2, -0.15) is 0 Å². The highest BCUT2D eigenvalue weighted by molar-refractivity contribution is 5.16. The van der Waals surface area contributed by atoms with Gasteiger partial charge in [-0.15, -0.1) is 0 Å². The molecule has 2 aliphatic heterocycles. The predicted molar refractivity (Wildman–Crippen MR) is 142 cm³/mol. The molecule has 0 radical (unpaired) electrons. The van der Waals surface area contributed by atoms with Crippen molar-refractivity contribution < 1.29 is 56.8 Å². The van der Waals surface area contributed by atoms with Crippen LogP contribution in [0.2, 0.25) is 0 Å². The van der Waals surface area contributed by atoms with Crippen molar-refractivity contribution in [3.63, 3.8) is 0 Å². The number of hydrogen-bond donors (Lipinski definition) is 0. The molecule has 12 nitrogen and oxygen atoms in total. The van der Waals surface area contributed by atoms with Crippen LogP contribution in [0.4, 0.5) is 0 Å². The molecule has 2 saturated heterocycles. The first-order valence-electron chi connectivity index (χ1n) is 13.8. The molecule has 0 saturated carbocycles. The van der Waals surface area contributed by atoms with E-state index in [-0.39, 0.29) is 6.10 Å². The van der Waals surface area contributed by atoms with Crippen molar-refractivity contribution in [2.75, 3.05) is 107 Å². The summed E-state index contributed by atoms with van der Waals surface area (Å²) in [6, 6.07) is 9.79. The Hall–Kier alpha value is -1.26. The average Bonchev–Trinajstić information content (AvgIpc) is 2.99. The molecule has 230 valence electrons. The van der Waals surface area contributed by atoms with E-state index in [0.29, 0.717) is 85.9 Å². The lowest BCUT2D eigenvalue weighted by molar-refractivity contribution is -0.368. The van der Waals surface area contributed by atoms with Gasteiger partial charge in [0.15, 0.2) is 12.6 Å². The van der Waals surface area contributed by atoms with Crippen molar-refractivity contribution in [2.45, 2.75) is 37.0 Å². The molecule has 2 fully saturated rings. The van der Waals surface area contributed by atoms with E-state index in [1.165, 1.54) is 0 Å².